The summed E-state index contributed by atoms with van der Waals surface area (Å²) >= 11 is 17.2. The molecule has 0 radical (unpaired) electrons. The molecule has 1 saturated carbocycles. The molecule has 7 heteroatoms. The lowest BCUT2D eigenvalue weighted by atomic mass is 9.68. The summed E-state index contributed by atoms with van der Waals surface area (Å²) in [5.41, 5.74) is -0.224. The number of alkyl halides is 2. The number of hydrogen-bond donors (Lipinski definition) is 1. The van der Waals surface area contributed by atoms with Gasteiger partial charge in [-0.25, -0.2) is 0 Å². The number of aliphatic imine (C=N–C) groups is 1. The molecule has 0 aromatic heterocycles. The molecule has 0 spiro atoms. The van der Waals surface area contributed by atoms with Gasteiger partial charge in [0.1, 0.15) is 0 Å². The third kappa shape index (κ3) is 4.36. The normalized spacial score (nSPS) is 41.3. The Balaban J connectivity index is 1.83. The van der Waals surface area contributed by atoms with Gasteiger partial charge in [-0.1, -0.05) is 20.8 Å². The lowest BCUT2D eigenvalue weighted by Crippen LogP contribution is -2.46. The van der Waals surface area contributed by atoms with Crippen molar-refractivity contribution in [2.45, 2.75) is 80.2 Å². The molecule has 1 saturated heterocycles. The second-order valence-electron chi connectivity index (χ2n) is 8.59. The van der Waals surface area contributed by atoms with Crippen molar-refractivity contribution in [3.8, 4) is 0 Å². The Kier molecular flexibility index (Phi) is 6.85. The standard InChI is InChI=1S/C19H29Cl2NO2S2/c1-10-7-11(20)16(12(21)8-10)19(2,3)18-22-17(13-5-4-6-25-13)14(26-18)9-15(23)24/h10-14,16-17H,4-9H2,1-3H3,(H,23,24). The van der Waals surface area contributed by atoms with E-state index in [0.29, 0.717) is 11.2 Å². The number of thioether (sulfide) groups is 2. The predicted molar refractivity (Wildman–Crippen MR) is 115 cm³/mol. The van der Waals surface area contributed by atoms with E-state index in [1.54, 1.807) is 11.8 Å². The molecule has 3 rings (SSSR count). The summed E-state index contributed by atoms with van der Waals surface area (Å²) in [7, 11) is 0. The number of carbonyl (C=O) groups is 1. The SMILES string of the molecule is CC1CC(Cl)C(C(C)(C)C2=NC(C3CCCS3)C(CC(=O)O)S2)C(Cl)C1. The highest BCUT2D eigenvalue weighted by Crippen LogP contribution is 2.51. The number of carboxylic acids is 1. The smallest absolute Gasteiger partial charge is 0.304 e. The highest BCUT2D eigenvalue weighted by molar-refractivity contribution is 8.15. The molecule has 2 heterocycles. The second kappa shape index (κ2) is 8.42. The maximum absolute atomic E-state index is 11.4. The molecule has 0 amide bonds. The van der Waals surface area contributed by atoms with Gasteiger partial charge in [0, 0.05) is 32.6 Å². The van der Waals surface area contributed by atoms with Crippen LogP contribution in [0, 0.1) is 17.3 Å². The van der Waals surface area contributed by atoms with Gasteiger partial charge in [-0.05, 0) is 37.4 Å². The maximum atomic E-state index is 11.4. The van der Waals surface area contributed by atoms with Crippen LogP contribution in [0.2, 0.25) is 0 Å². The van der Waals surface area contributed by atoms with Gasteiger partial charge >= 0.3 is 5.97 Å². The van der Waals surface area contributed by atoms with E-state index in [0.717, 1.165) is 30.1 Å². The first kappa shape index (κ1) is 21.1. The van der Waals surface area contributed by atoms with Gasteiger partial charge in [-0.2, -0.15) is 11.8 Å². The minimum absolute atomic E-state index is 0.0300. The van der Waals surface area contributed by atoms with Crippen molar-refractivity contribution in [1.82, 2.24) is 0 Å². The van der Waals surface area contributed by atoms with E-state index in [9.17, 15) is 9.90 Å². The first-order chi connectivity index (χ1) is 12.2. The molecule has 148 valence electrons. The number of hydrogen-bond acceptors (Lipinski definition) is 4. The third-order valence-corrected chi connectivity index (χ3v) is 10.0. The van der Waals surface area contributed by atoms with Crippen molar-refractivity contribution in [2.24, 2.45) is 22.2 Å². The van der Waals surface area contributed by atoms with Crippen molar-refractivity contribution >= 4 is 57.7 Å². The van der Waals surface area contributed by atoms with Crippen molar-refractivity contribution in [2.75, 3.05) is 5.75 Å². The summed E-state index contributed by atoms with van der Waals surface area (Å²) in [4.78, 5) is 16.5. The quantitative estimate of drug-likeness (QED) is 0.574. The van der Waals surface area contributed by atoms with Crippen molar-refractivity contribution in [1.29, 1.82) is 0 Å². The fraction of sp³-hybridized carbons (Fsp3) is 0.895. The summed E-state index contributed by atoms with van der Waals surface area (Å²) in [6.07, 6.45) is 4.49. The zero-order valence-electron chi connectivity index (χ0n) is 15.7. The Bertz CT molecular complexity index is 554. The van der Waals surface area contributed by atoms with E-state index in [4.69, 9.17) is 28.2 Å². The second-order valence-corrected chi connectivity index (χ2v) is 12.3. The monoisotopic (exact) mass is 437 g/mol. The molecule has 0 aromatic rings. The largest absolute Gasteiger partial charge is 0.481 e. The van der Waals surface area contributed by atoms with Gasteiger partial charge in [0.15, 0.2) is 0 Å². The van der Waals surface area contributed by atoms with Crippen LogP contribution in [-0.2, 0) is 4.79 Å². The van der Waals surface area contributed by atoms with Gasteiger partial charge in [-0.3, -0.25) is 9.79 Å². The topological polar surface area (TPSA) is 49.7 Å². The molecule has 3 aliphatic rings. The Morgan fingerprint density at radius 2 is 1.96 bits per heavy atom. The van der Waals surface area contributed by atoms with Crippen molar-refractivity contribution < 1.29 is 9.90 Å². The number of aliphatic carboxylic acids is 1. The van der Waals surface area contributed by atoms with Crippen molar-refractivity contribution in [3.63, 3.8) is 0 Å². The predicted octanol–water partition coefficient (Wildman–Crippen LogP) is 5.53. The van der Waals surface area contributed by atoms with Gasteiger partial charge in [-0.15, -0.1) is 35.0 Å². The van der Waals surface area contributed by atoms with Crippen LogP contribution in [0.4, 0.5) is 0 Å². The van der Waals surface area contributed by atoms with E-state index < -0.39 is 5.97 Å². The van der Waals surface area contributed by atoms with Crippen LogP contribution in [0.3, 0.4) is 0 Å². The van der Waals surface area contributed by atoms with Gasteiger partial charge in [0.2, 0.25) is 0 Å². The molecule has 2 aliphatic heterocycles. The van der Waals surface area contributed by atoms with Gasteiger partial charge < -0.3 is 5.11 Å². The molecular formula is C19H29Cl2NO2S2. The number of nitrogens with zero attached hydrogens (tertiary/aromatic N) is 1. The molecule has 5 atom stereocenters. The van der Waals surface area contributed by atoms with Crippen LogP contribution in [0.15, 0.2) is 4.99 Å². The lowest BCUT2D eigenvalue weighted by molar-refractivity contribution is -0.137. The van der Waals surface area contributed by atoms with Crippen LogP contribution < -0.4 is 0 Å². The van der Waals surface area contributed by atoms with Gasteiger partial charge in [0.05, 0.1) is 17.5 Å². The molecule has 1 N–H and O–H groups in total. The first-order valence-corrected chi connectivity index (χ1v) is 12.4. The van der Waals surface area contributed by atoms with Crippen LogP contribution in [0.25, 0.3) is 0 Å². The Morgan fingerprint density at radius 1 is 1.31 bits per heavy atom. The fourth-order valence-corrected chi connectivity index (χ4v) is 9.45. The number of halogens is 2. The zero-order chi connectivity index (χ0) is 19.1. The van der Waals surface area contributed by atoms with E-state index in [-0.39, 0.29) is 39.8 Å². The molecule has 2 fully saturated rings. The first-order valence-electron chi connectivity index (χ1n) is 9.56. The zero-order valence-corrected chi connectivity index (χ0v) is 18.8. The summed E-state index contributed by atoms with van der Waals surface area (Å²) in [5, 5.41) is 11.0. The number of rotatable bonds is 5. The fourth-order valence-electron chi connectivity index (χ4n) is 4.74. The number of carboxylic acid groups (broad SMARTS) is 1. The average Bonchev–Trinajstić information content (AvgIpc) is 3.14. The Labute approximate surface area is 175 Å². The Morgan fingerprint density at radius 3 is 2.50 bits per heavy atom. The van der Waals surface area contributed by atoms with Crippen LogP contribution >= 0.6 is 46.7 Å². The van der Waals surface area contributed by atoms with Crippen LogP contribution in [0.1, 0.15) is 52.9 Å². The minimum atomic E-state index is -0.735. The average molecular weight is 438 g/mol. The van der Waals surface area contributed by atoms with Crippen molar-refractivity contribution in [3.05, 3.63) is 0 Å². The maximum Gasteiger partial charge on any atom is 0.304 e. The van der Waals surface area contributed by atoms with Gasteiger partial charge in [0.25, 0.3) is 0 Å². The summed E-state index contributed by atoms with van der Waals surface area (Å²) in [6, 6.07) is 0.0999. The molecule has 3 nitrogen and oxygen atoms in total. The van der Waals surface area contributed by atoms with E-state index >= 15 is 0 Å². The van der Waals surface area contributed by atoms with E-state index in [1.165, 1.54) is 6.42 Å². The highest BCUT2D eigenvalue weighted by atomic mass is 35.5. The molecule has 0 aromatic carbocycles. The molecule has 0 bridgehead atoms. The molecule has 26 heavy (non-hydrogen) atoms. The molecular weight excluding hydrogens is 409 g/mol. The molecule has 5 unspecified atom stereocenters. The van der Waals surface area contributed by atoms with E-state index in [2.05, 4.69) is 20.8 Å². The third-order valence-electron chi connectivity index (χ3n) is 6.05. The summed E-state index contributed by atoms with van der Waals surface area (Å²) in [5.74, 6) is 1.14. The van der Waals surface area contributed by atoms with Crippen LogP contribution in [-0.4, -0.2) is 49.2 Å². The molecule has 1 aliphatic carbocycles. The summed E-state index contributed by atoms with van der Waals surface area (Å²) < 4.78 is 0. The lowest BCUT2D eigenvalue weighted by Gasteiger charge is -2.44. The van der Waals surface area contributed by atoms with Crippen LogP contribution in [0.5, 0.6) is 0 Å². The minimum Gasteiger partial charge on any atom is -0.481 e. The summed E-state index contributed by atoms with van der Waals surface area (Å²) in [6.45, 7) is 6.62. The Hall–Kier alpha value is 0.420. The highest BCUT2D eigenvalue weighted by Gasteiger charge is 2.50. The van der Waals surface area contributed by atoms with E-state index in [1.807, 2.05) is 11.8 Å².